The average Bonchev–Trinajstić information content (AvgIpc) is 3.82. The molecular formula is C29H80O24Si16. The zero-order chi connectivity index (χ0) is 52.1. The number of rotatable bonds is 24. The monoisotopic (exact) mass is 1260 g/mol. The molecular weight excluding hydrogens is 1180 g/mol. The van der Waals surface area contributed by atoms with Gasteiger partial charge in [0.15, 0.2) is 58.2 Å². The van der Waals surface area contributed by atoms with Crippen molar-refractivity contribution in [2.75, 3.05) is 34.0 Å². The summed E-state index contributed by atoms with van der Waals surface area (Å²) in [5.74, 6) is 0. The van der Waals surface area contributed by atoms with Crippen molar-refractivity contribution in [3.63, 3.8) is 0 Å². The standard InChI is InChI=1S/C29H80O24Si16/c1-30-61(31-2,26-24-25-32-27-29-28-33-29)41-69-51-66(38-58(15,16)17)45-63(35-55(6,7)8)42-62(34-54(3,4)5)43-64(47-66,36-56(9,10)11)49-68(53-69,40-60(21,22)23)50-65(44-62,37-57(12,13)14)48-67(46-63,52-69)39-59(18,19)20/h29H,24-28H2,1-23H3. The molecule has 0 aromatic carbocycles. The van der Waals surface area contributed by atoms with Gasteiger partial charge in [-0.25, -0.2) is 0 Å². The van der Waals surface area contributed by atoms with Gasteiger partial charge in [0, 0.05) is 26.9 Å². The topological polar surface area (TPSA) is 225 Å². The highest BCUT2D eigenvalue weighted by Crippen LogP contribution is 2.53. The molecule has 0 aromatic rings. The molecule has 7 aliphatic heterocycles. The highest BCUT2D eigenvalue weighted by molar-refractivity contribution is 7.04. The van der Waals surface area contributed by atoms with E-state index in [1.807, 2.05) is 137 Å². The van der Waals surface area contributed by atoms with E-state index in [2.05, 4.69) is 0 Å². The first-order valence-corrected chi connectivity index (χ1v) is 62.0. The van der Waals surface area contributed by atoms with Crippen LogP contribution in [0.5, 0.6) is 0 Å². The van der Waals surface area contributed by atoms with Crippen LogP contribution in [-0.4, -0.2) is 180 Å². The van der Waals surface area contributed by atoms with Crippen LogP contribution in [0.2, 0.25) is 144 Å². The second-order valence-electron chi connectivity index (χ2n) is 24.1. The molecule has 69 heavy (non-hydrogen) atoms. The molecule has 24 nitrogen and oxygen atoms in total. The lowest BCUT2D eigenvalue weighted by molar-refractivity contribution is -0.131. The Morgan fingerprint density at radius 2 is 0.551 bits per heavy atom. The van der Waals surface area contributed by atoms with Crippen LogP contribution in [0.3, 0.4) is 0 Å². The maximum atomic E-state index is 7.49. The van der Waals surface area contributed by atoms with Gasteiger partial charge in [0.2, 0.25) is 0 Å². The molecule has 1 atom stereocenters. The van der Waals surface area contributed by atoms with E-state index >= 15 is 0 Å². The predicted octanol–water partition coefficient (Wildman–Crippen LogP) is 5.75. The van der Waals surface area contributed by atoms with Crippen LogP contribution in [0.25, 0.3) is 0 Å². The lowest BCUT2D eigenvalue weighted by Crippen LogP contribution is -2.93. The minimum atomic E-state index is -5.42. The second kappa shape index (κ2) is 20.0. The van der Waals surface area contributed by atoms with Crippen LogP contribution >= 0.6 is 0 Å². The van der Waals surface area contributed by atoms with Crippen molar-refractivity contribution in [2.45, 2.75) is 156 Å². The fraction of sp³-hybridized carbons (Fsp3) is 1.00. The van der Waals surface area contributed by atoms with Gasteiger partial charge in [0.05, 0.1) is 13.2 Å². The molecule has 7 heterocycles. The van der Waals surface area contributed by atoms with Gasteiger partial charge >= 0.3 is 81.2 Å². The Labute approximate surface area is 427 Å². The van der Waals surface area contributed by atoms with Gasteiger partial charge in [-0.3, -0.25) is 0 Å². The van der Waals surface area contributed by atoms with Crippen molar-refractivity contribution >= 4 is 139 Å². The van der Waals surface area contributed by atoms with E-state index < -0.39 is 139 Å². The quantitative estimate of drug-likeness (QED) is 0.0637. The number of epoxide rings is 1. The SMILES string of the molecule is CO[Si](CCCOCC1CO1)(OC)O[Si]12O[Si]3(O[Si](C)(C)C)O[Si]4(O[Si](C)(C)C)O[Si]5(O[Si](C)(C)C)O[Si](O[Si](C)(C)C)(O3)O[Si](O[Si](C)(C)C)(O[Si](O[Si](C)(C)C)(O5)O[Si](O[Si](C)(C)C)(O4)O1)O2. The highest BCUT2D eigenvalue weighted by atomic mass is 28.7. The fourth-order valence-electron chi connectivity index (χ4n) is 6.84. The Hall–Kier alpha value is 2.51. The molecule has 7 saturated heterocycles. The van der Waals surface area contributed by atoms with Gasteiger partial charge in [-0.1, -0.05) is 0 Å². The van der Waals surface area contributed by atoms with E-state index in [1.165, 1.54) is 14.2 Å². The molecule has 0 N–H and O–H groups in total. The molecule has 404 valence electrons. The van der Waals surface area contributed by atoms with Gasteiger partial charge in [0.25, 0.3) is 0 Å². The van der Waals surface area contributed by atoms with Crippen LogP contribution in [0.1, 0.15) is 6.42 Å². The average molecular weight is 1260 g/mol. The number of ether oxygens (including phenoxy) is 2. The van der Waals surface area contributed by atoms with Crippen molar-refractivity contribution in [3.8, 4) is 0 Å². The smallest absolute Gasteiger partial charge is 0.396 e. The molecule has 0 radical (unpaired) electrons. The van der Waals surface area contributed by atoms with Gasteiger partial charge in [-0.05, 0) is 144 Å². The molecule has 0 spiro atoms. The van der Waals surface area contributed by atoms with Crippen molar-refractivity contribution in [1.29, 1.82) is 0 Å². The number of hydrogen-bond donors (Lipinski definition) is 0. The van der Waals surface area contributed by atoms with Crippen LogP contribution in [0.4, 0.5) is 0 Å². The van der Waals surface area contributed by atoms with Crippen molar-refractivity contribution in [1.82, 2.24) is 0 Å². The van der Waals surface area contributed by atoms with Crippen molar-refractivity contribution in [2.24, 2.45) is 0 Å². The largest absolute Gasteiger partial charge is 0.654 e. The lowest BCUT2D eigenvalue weighted by atomic mass is 10.5. The van der Waals surface area contributed by atoms with Crippen molar-refractivity contribution in [3.05, 3.63) is 0 Å². The Bertz CT molecular complexity index is 1630. The van der Waals surface area contributed by atoms with E-state index in [1.54, 1.807) is 0 Å². The first-order chi connectivity index (χ1) is 30.8. The van der Waals surface area contributed by atoms with Gasteiger partial charge in [0.1, 0.15) is 6.10 Å². The van der Waals surface area contributed by atoms with Crippen LogP contribution in [-0.2, 0) is 101 Å². The summed E-state index contributed by atoms with van der Waals surface area (Å²) in [6, 6.07) is 0.168. The minimum Gasteiger partial charge on any atom is -0.396 e. The van der Waals surface area contributed by atoms with E-state index in [0.29, 0.717) is 26.2 Å². The van der Waals surface area contributed by atoms with Gasteiger partial charge < -0.3 is 101 Å². The molecule has 0 aromatic heterocycles. The summed E-state index contributed by atoms with van der Waals surface area (Å²) in [6.07, 6.45) is 0.476. The summed E-state index contributed by atoms with van der Waals surface area (Å²) >= 11 is 0. The third-order valence-corrected chi connectivity index (χ3v) is 61.0. The zero-order valence-corrected chi connectivity index (χ0v) is 60.9. The maximum absolute atomic E-state index is 7.49. The molecule has 0 saturated carbocycles. The minimum absolute atomic E-state index is 0.0654. The normalized spacial score (nSPS) is 37.9. The number of hydrogen-bond acceptors (Lipinski definition) is 24. The van der Waals surface area contributed by atoms with Gasteiger partial charge in [-0.2, -0.15) is 0 Å². The summed E-state index contributed by atoms with van der Waals surface area (Å²) < 4.78 is 171. The summed E-state index contributed by atoms with van der Waals surface area (Å²) in [5.41, 5.74) is 0. The van der Waals surface area contributed by atoms with E-state index in [-0.39, 0.29) is 12.1 Å². The van der Waals surface area contributed by atoms with Crippen LogP contribution in [0.15, 0.2) is 0 Å². The predicted molar refractivity (Wildman–Crippen MR) is 281 cm³/mol. The summed E-state index contributed by atoms with van der Waals surface area (Å²) in [7, 11) is -63.3. The summed E-state index contributed by atoms with van der Waals surface area (Å²) in [4.78, 5) is 0. The van der Waals surface area contributed by atoms with E-state index in [0.717, 1.165) is 0 Å². The molecule has 40 heteroatoms. The first-order valence-electron chi connectivity index (χ1n) is 23.2. The molecule has 7 fully saturated rings. The Morgan fingerprint density at radius 3 is 0.725 bits per heavy atom. The zero-order valence-electron chi connectivity index (χ0n) is 44.9. The van der Waals surface area contributed by atoms with E-state index in [4.69, 9.17) is 101 Å². The third kappa shape index (κ3) is 16.8. The van der Waals surface area contributed by atoms with E-state index in [9.17, 15) is 0 Å². The lowest BCUT2D eigenvalue weighted by Gasteiger charge is -2.60. The Morgan fingerprint density at radius 1 is 0.348 bits per heavy atom. The third-order valence-electron chi connectivity index (χ3n) is 8.40. The molecule has 7 aliphatic rings. The Kier molecular flexibility index (Phi) is 17.6. The van der Waals surface area contributed by atoms with Crippen LogP contribution in [0, 0.1) is 0 Å². The fourth-order valence-corrected chi connectivity index (χ4v) is 72.3. The maximum Gasteiger partial charge on any atom is 0.654 e. The molecule has 7 rings (SSSR count). The second-order valence-corrected chi connectivity index (χ2v) is 80.6. The molecule has 1 unspecified atom stereocenters. The Balaban J connectivity index is 1.79. The first kappa shape index (κ1) is 60.7. The summed E-state index contributed by atoms with van der Waals surface area (Å²) in [5, 5.41) is 0. The summed E-state index contributed by atoms with van der Waals surface area (Å²) in [6.45, 7) is 42.0. The van der Waals surface area contributed by atoms with Crippen molar-refractivity contribution < 1.29 is 101 Å². The molecule has 0 aliphatic carbocycles. The highest BCUT2D eigenvalue weighted by Gasteiger charge is 2.92. The van der Waals surface area contributed by atoms with Crippen LogP contribution < -0.4 is 0 Å². The molecule has 8 bridgehead atoms. The molecule has 0 amide bonds. The van der Waals surface area contributed by atoms with Gasteiger partial charge in [-0.15, -0.1) is 0 Å².